The van der Waals surface area contributed by atoms with E-state index in [1.54, 1.807) is 6.92 Å². The molecule has 7 heteroatoms. The summed E-state index contributed by atoms with van der Waals surface area (Å²) >= 11 is 0. The normalized spacial score (nSPS) is 25.6. The van der Waals surface area contributed by atoms with E-state index in [1.165, 1.54) is 13.8 Å². The van der Waals surface area contributed by atoms with Crippen molar-refractivity contribution >= 4 is 11.9 Å². The molecule has 25 heavy (non-hydrogen) atoms. The molecular weight excluding hydrogens is 328 g/mol. The summed E-state index contributed by atoms with van der Waals surface area (Å²) in [6.07, 6.45) is -1.40. The monoisotopic (exact) mass is 352 g/mol. The summed E-state index contributed by atoms with van der Waals surface area (Å²) in [4.78, 5) is 22.6. The van der Waals surface area contributed by atoms with Crippen LogP contribution in [0.4, 0.5) is 0 Å². The summed E-state index contributed by atoms with van der Waals surface area (Å²) in [5, 5.41) is 0. The summed E-state index contributed by atoms with van der Waals surface area (Å²) in [6.45, 7) is 5.10. The summed E-state index contributed by atoms with van der Waals surface area (Å²) in [6, 6.07) is 9.64. The Balaban J connectivity index is 2.08. The summed E-state index contributed by atoms with van der Waals surface area (Å²) < 4.78 is 27.7. The summed E-state index contributed by atoms with van der Waals surface area (Å²) in [7, 11) is 0. The lowest BCUT2D eigenvalue weighted by Crippen LogP contribution is -2.48. The molecule has 0 N–H and O–H groups in total. The third kappa shape index (κ3) is 5.52. The third-order valence-electron chi connectivity index (χ3n) is 3.64. The first-order chi connectivity index (χ1) is 11.9. The first-order valence-corrected chi connectivity index (χ1v) is 8.23. The van der Waals surface area contributed by atoms with E-state index in [0.717, 1.165) is 5.56 Å². The highest BCUT2D eigenvalue weighted by Crippen LogP contribution is 2.35. The van der Waals surface area contributed by atoms with E-state index in [4.69, 9.17) is 23.7 Å². The van der Waals surface area contributed by atoms with Gasteiger partial charge in [0.25, 0.3) is 0 Å². The minimum atomic E-state index is -1.31. The standard InChI is InChI=1S/C18H24O7/c1-4-22-18(12-21-11-15-8-6-5-7-9-15)16(23-13(2)19)10-17(25-18)24-14(3)20/h5-9,16-17H,4,10-12H2,1-3H3/t16-,17+,18-/m1/s1. The largest absolute Gasteiger partial charge is 0.456 e. The lowest BCUT2D eigenvalue weighted by molar-refractivity contribution is -0.303. The molecule has 1 aliphatic rings. The van der Waals surface area contributed by atoms with Gasteiger partial charge in [0.2, 0.25) is 12.1 Å². The number of carbonyl (C=O) groups is 2. The Morgan fingerprint density at radius 1 is 1.16 bits per heavy atom. The van der Waals surface area contributed by atoms with Crippen LogP contribution < -0.4 is 0 Å². The lowest BCUT2D eigenvalue weighted by Gasteiger charge is -2.32. The fourth-order valence-electron chi connectivity index (χ4n) is 2.72. The Kier molecular flexibility index (Phi) is 6.92. The molecule has 0 unspecified atom stereocenters. The maximum absolute atomic E-state index is 11.4. The Morgan fingerprint density at radius 3 is 2.44 bits per heavy atom. The Hall–Kier alpha value is -1.96. The molecule has 7 nitrogen and oxygen atoms in total. The van der Waals surface area contributed by atoms with E-state index >= 15 is 0 Å². The van der Waals surface area contributed by atoms with Crippen LogP contribution in [-0.2, 0) is 39.9 Å². The summed E-state index contributed by atoms with van der Waals surface area (Å²) in [5.74, 6) is -2.26. The highest BCUT2D eigenvalue weighted by Gasteiger charge is 2.53. The average Bonchev–Trinajstić information content (AvgIpc) is 2.84. The number of hydrogen-bond acceptors (Lipinski definition) is 7. The SMILES string of the molecule is CCO[C@]1(COCc2ccccc2)O[C@H](OC(C)=O)C[C@H]1OC(C)=O. The fourth-order valence-corrected chi connectivity index (χ4v) is 2.72. The van der Waals surface area contributed by atoms with Gasteiger partial charge < -0.3 is 23.7 Å². The van der Waals surface area contributed by atoms with Crippen molar-refractivity contribution in [3.8, 4) is 0 Å². The van der Waals surface area contributed by atoms with Gasteiger partial charge >= 0.3 is 11.9 Å². The van der Waals surface area contributed by atoms with Crippen LogP contribution in [0.15, 0.2) is 30.3 Å². The van der Waals surface area contributed by atoms with Crippen LogP contribution in [0, 0.1) is 0 Å². The molecule has 1 saturated heterocycles. The van der Waals surface area contributed by atoms with Crippen molar-refractivity contribution in [1.82, 2.24) is 0 Å². The van der Waals surface area contributed by atoms with Crippen molar-refractivity contribution in [1.29, 1.82) is 0 Å². The van der Waals surface area contributed by atoms with Crippen molar-refractivity contribution in [2.75, 3.05) is 13.2 Å². The van der Waals surface area contributed by atoms with Gasteiger partial charge in [0.15, 0.2) is 6.10 Å². The van der Waals surface area contributed by atoms with Gasteiger partial charge in [-0.1, -0.05) is 30.3 Å². The average molecular weight is 352 g/mol. The second-order valence-electron chi connectivity index (χ2n) is 5.71. The molecule has 0 spiro atoms. The first-order valence-electron chi connectivity index (χ1n) is 8.23. The number of benzene rings is 1. The second kappa shape index (κ2) is 8.94. The molecule has 3 atom stereocenters. The molecule has 2 rings (SSSR count). The Bertz CT molecular complexity index is 574. The Labute approximate surface area is 147 Å². The first kappa shape index (κ1) is 19.4. The molecule has 1 aliphatic heterocycles. The van der Waals surface area contributed by atoms with Crippen LogP contribution in [0.3, 0.4) is 0 Å². The predicted octanol–water partition coefficient (Wildman–Crippen LogP) is 2.18. The number of ether oxygens (including phenoxy) is 5. The molecule has 0 amide bonds. The van der Waals surface area contributed by atoms with Crippen molar-refractivity contribution in [3.63, 3.8) is 0 Å². The molecule has 1 aromatic rings. The van der Waals surface area contributed by atoms with E-state index in [1.807, 2.05) is 30.3 Å². The number of hydrogen-bond donors (Lipinski definition) is 0. The van der Waals surface area contributed by atoms with Crippen LogP contribution in [0.2, 0.25) is 0 Å². The highest BCUT2D eigenvalue weighted by molar-refractivity contribution is 5.66. The van der Waals surface area contributed by atoms with Gasteiger partial charge in [0.1, 0.15) is 6.61 Å². The van der Waals surface area contributed by atoms with Gasteiger partial charge in [0.05, 0.1) is 13.0 Å². The second-order valence-corrected chi connectivity index (χ2v) is 5.71. The molecule has 138 valence electrons. The Morgan fingerprint density at radius 2 is 1.84 bits per heavy atom. The van der Waals surface area contributed by atoms with Gasteiger partial charge in [0, 0.05) is 20.5 Å². The minimum Gasteiger partial charge on any atom is -0.456 e. The molecule has 0 aromatic heterocycles. The number of esters is 2. The van der Waals surface area contributed by atoms with Crippen molar-refractivity contribution in [2.24, 2.45) is 0 Å². The molecule has 0 aliphatic carbocycles. The molecule has 1 aromatic carbocycles. The molecule has 1 heterocycles. The van der Waals surface area contributed by atoms with Gasteiger partial charge in [-0.15, -0.1) is 0 Å². The number of rotatable bonds is 8. The smallest absolute Gasteiger partial charge is 0.304 e. The highest BCUT2D eigenvalue weighted by atomic mass is 16.8. The van der Waals surface area contributed by atoms with E-state index in [2.05, 4.69) is 0 Å². The van der Waals surface area contributed by atoms with Crippen molar-refractivity contribution < 1.29 is 33.3 Å². The van der Waals surface area contributed by atoms with Crippen molar-refractivity contribution in [3.05, 3.63) is 35.9 Å². The maximum Gasteiger partial charge on any atom is 0.304 e. The molecule has 0 saturated carbocycles. The van der Waals surface area contributed by atoms with Crippen LogP contribution >= 0.6 is 0 Å². The van der Waals surface area contributed by atoms with Gasteiger partial charge in [-0.05, 0) is 12.5 Å². The van der Waals surface area contributed by atoms with Crippen LogP contribution in [0.5, 0.6) is 0 Å². The van der Waals surface area contributed by atoms with E-state index in [9.17, 15) is 9.59 Å². The molecular formula is C18H24O7. The topological polar surface area (TPSA) is 80.3 Å². The van der Waals surface area contributed by atoms with E-state index in [-0.39, 0.29) is 13.0 Å². The fraction of sp³-hybridized carbons (Fsp3) is 0.556. The number of carbonyl (C=O) groups excluding carboxylic acids is 2. The zero-order valence-corrected chi connectivity index (χ0v) is 14.7. The molecule has 0 radical (unpaired) electrons. The summed E-state index contributed by atoms with van der Waals surface area (Å²) in [5.41, 5.74) is 0.993. The van der Waals surface area contributed by atoms with E-state index < -0.39 is 30.1 Å². The quantitative estimate of drug-likeness (QED) is 0.663. The van der Waals surface area contributed by atoms with Crippen LogP contribution in [0.1, 0.15) is 32.8 Å². The maximum atomic E-state index is 11.4. The zero-order valence-electron chi connectivity index (χ0n) is 14.7. The third-order valence-corrected chi connectivity index (χ3v) is 3.64. The van der Waals surface area contributed by atoms with Crippen LogP contribution in [-0.4, -0.2) is 43.3 Å². The van der Waals surface area contributed by atoms with Crippen LogP contribution in [0.25, 0.3) is 0 Å². The van der Waals surface area contributed by atoms with Crippen molar-refractivity contribution in [2.45, 2.75) is 52.0 Å². The molecule has 0 bridgehead atoms. The molecule has 1 fully saturated rings. The predicted molar refractivity (Wildman–Crippen MR) is 87.3 cm³/mol. The zero-order chi connectivity index (χ0) is 18.3. The van der Waals surface area contributed by atoms with Gasteiger partial charge in [-0.25, -0.2) is 0 Å². The van der Waals surface area contributed by atoms with E-state index in [0.29, 0.717) is 13.2 Å². The lowest BCUT2D eigenvalue weighted by atomic mass is 10.1. The van der Waals surface area contributed by atoms with Gasteiger partial charge in [-0.2, -0.15) is 0 Å². The van der Waals surface area contributed by atoms with Gasteiger partial charge in [-0.3, -0.25) is 9.59 Å². The minimum absolute atomic E-state index is 0.0332.